The molecule has 1 unspecified atom stereocenters. The van der Waals surface area contributed by atoms with E-state index in [-0.39, 0.29) is 0 Å². The summed E-state index contributed by atoms with van der Waals surface area (Å²) in [7, 11) is 0. The number of carbonyl (C=O) groups is 2. The Hall–Kier alpha value is -2.50. The maximum atomic E-state index is 9.00. The summed E-state index contributed by atoms with van der Waals surface area (Å²) in [4.78, 5) is 18.0. The highest BCUT2D eigenvalue weighted by Crippen LogP contribution is 2.32. The first-order valence-corrected chi connectivity index (χ1v) is 7.56. The largest absolute Gasteiger partial charge is 0.481 e. The van der Waals surface area contributed by atoms with E-state index in [2.05, 4.69) is 41.0 Å². The van der Waals surface area contributed by atoms with Gasteiger partial charge in [-0.25, -0.2) is 0 Å². The molecule has 0 bridgehead atoms. The Morgan fingerprint density at radius 3 is 2.17 bits per heavy atom. The van der Waals surface area contributed by atoms with Crippen molar-refractivity contribution in [2.24, 2.45) is 0 Å². The van der Waals surface area contributed by atoms with Crippen molar-refractivity contribution in [3.05, 3.63) is 47.3 Å². The minimum absolute atomic E-state index is 0.488. The third kappa shape index (κ3) is 7.35. The molecule has 1 atom stereocenters. The summed E-state index contributed by atoms with van der Waals surface area (Å²) in [5, 5.41) is 21.9. The fraction of sp³-hybridized carbons (Fsp3) is 0.412. The molecule has 1 aromatic carbocycles. The van der Waals surface area contributed by atoms with Crippen molar-refractivity contribution < 1.29 is 19.8 Å². The Bertz CT molecular complexity index is 517. The van der Waals surface area contributed by atoms with Gasteiger partial charge >= 0.3 is 0 Å². The first-order valence-electron chi connectivity index (χ1n) is 7.56. The van der Waals surface area contributed by atoms with Crippen LogP contribution >= 0.6 is 0 Å². The van der Waals surface area contributed by atoms with E-state index in [9.17, 15) is 0 Å². The minimum atomic E-state index is -0.833. The lowest BCUT2D eigenvalue weighted by atomic mass is 9.99. The summed E-state index contributed by atoms with van der Waals surface area (Å²) in [5.41, 5.74) is 2.98. The Labute approximate surface area is 136 Å². The number of nitrogens with one attached hydrogen (secondary N) is 2. The minimum Gasteiger partial charge on any atom is -0.481 e. The van der Waals surface area contributed by atoms with Gasteiger partial charge in [-0.1, -0.05) is 30.3 Å². The van der Waals surface area contributed by atoms with Crippen molar-refractivity contribution in [3.63, 3.8) is 0 Å². The van der Waals surface area contributed by atoms with Gasteiger partial charge in [-0.3, -0.25) is 9.59 Å². The van der Waals surface area contributed by atoms with E-state index in [1.165, 1.54) is 30.6 Å². The number of hydrogen-bond donors (Lipinski definition) is 4. The van der Waals surface area contributed by atoms with E-state index in [1.807, 2.05) is 0 Å². The van der Waals surface area contributed by atoms with Gasteiger partial charge in [0.15, 0.2) is 0 Å². The number of hydrogen-bond acceptors (Lipinski definition) is 4. The molecule has 6 nitrogen and oxygen atoms in total. The molecule has 0 saturated heterocycles. The van der Waals surface area contributed by atoms with Gasteiger partial charge in [0.25, 0.3) is 11.9 Å². The van der Waals surface area contributed by atoms with Crippen LogP contribution in [0.2, 0.25) is 0 Å². The van der Waals surface area contributed by atoms with Crippen LogP contribution in [-0.4, -0.2) is 28.7 Å². The highest BCUT2D eigenvalue weighted by atomic mass is 16.4. The van der Waals surface area contributed by atoms with Crippen molar-refractivity contribution >= 4 is 11.9 Å². The lowest BCUT2D eigenvalue weighted by molar-refractivity contribution is -0.135. The van der Waals surface area contributed by atoms with Crippen molar-refractivity contribution in [2.45, 2.75) is 39.2 Å². The second-order valence-electron chi connectivity index (χ2n) is 5.36. The molecule has 0 saturated carbocycles. The Kier molecular flexibility index (Phi) is 7.66. The van der Waals surface area contributed by atoms with Crippen molar-refractivity contribution in [3.8, 4) is 0 Å². The predicted molar refractivity (Wildman–Crippen MR) is 87.8 cm³/mol. The molecule has 0 radical (unpaired) electrons. The average molecular weight is 320 g/mol. The molecule has 0 aliphatic carbocycles. The number of aliphatic carboxylic acids is 2. The Morgan fingerprint density at radius 1 is 1.09 bits per heavy atom. The summed E-state index contributed by atoms with van der Waals surface area (Å²) < 4.78 is 0. The molecule has 0 fully saturated rings. The number of benzene rings is 1. The lowest BCUT2D eigenvalue weighted by Gasteiger charge is -2.16. The SMILES string of the molecule is CC(=O)O.CC(=O)O.c1ccc(C2CC3=C(NCCC3)N2)cc1. The number of carboxylic acid groups (broad SMARTS) is 2. The summed E-state index contributed by atoms with van der Waals surface area (Å²) in [6.07, 6.45) is 3.72. The molecule has 126 valence electrons. The van der Waals surface area contributed by atoms with Crippen LogP contribution in [-0.2, 0) is 9.59 Å². The summed E-state index contributed by atoms with van der Waals surface area (Å²) >= 11 is 0. The van der Waals surface area contributed by atoms with Crippen LogP contribution in [0.3, 0.4) is 0 Å². The Balaban J connectivity index is 0.000000281. The van der Waals surface area contributed by atoms with Gasteiger partial charge in [-0.15, -0.1) is 0 Å². The van der Waals surface area contributed by atoms with Crippen LogP contribution in [0, 0.1) is 0 Å². The van der Waals surface area contributed by atoms with E-state index in [0.717, 1.165) is 20.4 Å². The lowest BCUT2D eigenvalue weighted by Crippen LogP contribution is -2.28. The fourth-order valence-electron chi connectivity index (χ4n) is 2.48. The monoisotopic (exact) mass is 320 g/mol. The van der Waals surface area contributed by atoms with Crippen LogP contribution in [0.1, 0.15) is 44.7 Å². The highest BCUT2D eigenvalue weighted by molar-refractivity contribution is 5.63. The molecule has 2 aliphatic heterocycles. The van der Waals surface area contributed by atoms with E-state index in [4.69, 9.17) is 19.8 Å². The molecule has 6 heteroatoms. The van der Waals surface area contributed by atoms with Gasteiger partial charge in [0.1, 0.15) is 0 Å². The zero-order valence-corrected chi connectivity index (χ0v) is 13.5. The highest BCUT2D eigenvalue weighted by Gasteiger charge is 2.25. The van der Waals surface area contributed by atoms with Gasteiger partial charge in [-0.05, 0) is 30.4 Å². The summed E-state index contributed by atoms with van der Waals surface area (Å²) in [6.45, 7) is 3.29. The van der Waals surface area contributed by atoms with E-state index < -0.39 is 11.9 Å². The van der Waals surface area contributed by atoms with Crippen LogP contribution in [0.5, 0.6) is 0 Å². The number of carboxylic acids is 2. The smallest absolute Gasteiger partial charge is 0.300 e. The first kappa shape index (κ1) is 18.5. The van der Waals surface area contributed by atoms with Crippen LogP contribution < -0.4 is 10.6 Å². The van der Waals surface area contributed by atoms with Gasteiger partial charge in [-0.2, -0.15) is 0 Å². The maximum absolute atomic E-state index is 9.00. The molecule has 0 spiro atoms. The van der Waals surface area contributed by atoms with Crippen molar-refractivity contribution in [1.29, 1.82) is 0 Å². The third-order valence-electron chi connectivity index (χ3n) is 3.28. The summed E-state index contributed by atoms with van der Waals surface area (Å²) in [6, 6.07) is 11.2. The van der Waals surface area contributed by atoms with Gasteiger partial charge < -0.3 is 20.8 Å². The first-order chi connectivity index (χ1) is 10.9. The summed E-state index contributed by atoms with van der Waals surface area (Å²) in [5.74, 6) is -0.366. The van der Waals surface area contributed by atoms with E-state index in [1.54, 1.807) is 5.57 Å². The molecule has 1 aromatic rings. The molecule has 4 N–H and O–H groups in total. The Morgan fingerprint density at radius 2 is 1.65 bits per heavy atom. The van der Waals surface area contributed by atoms with Gasteiger partial charge in [0.2, 0.25) is 0 Å². The van der Waals surface area contributed by atoms with Crippen molar-refractivity contribution in [2.75, 3.05) is 6.54 Å². The van der Waals surface area contributed by atoms with E-state index >= 15 is 0 Å². The average Bonchev–Trinajstić information content (AvgIpc) is 2.91. The van der Waals surface area contributed by atoms with Gasteiger partial charge in [0, 0.05) is 20.4 Å². The zero-order valence-electron chi connectivity index (χ0n) is 13.5. The molecule has 23 heavy (non-hydrogen) atoms. The van der Waals surface area contributed by atoms with Crippen molar-refractivity contribution in [1.82, 2.24) is 10.6 Å². The quantitative estimate of drug-likeness (QED) is 0.634. The molecule has 2 heterocycles. The maximum Gasteiger partial charge on any atom is 0.300 e. The topological polar surface area (TPSA) is 98.7 Å². The van der Waals surface area contributed by atoms with Crippen LogP contribution in [0.15, 0.2) is 41.7 Å². The third-order valence-corrected chi connectivity index (χ3v) is 3.28. The molecule has 2 aliphatic rings. The molecule has 0 aromatic heterocycles. The molecular weight excluding hydrogens is 296 g/mol. The molecular formula is C17H24N2O4. The number of rotatable bonds is 1. The van der Waals surface area contributed by atoms with Crippen LogP contribution in [0.4, 0.5) is 0 Å². The predicted octanol–water partition coefficient (Wildman–Crippen LogP) is 2.50. The molecule has 3 rings (SSSR count). The van der Waals surface area contributed by atoms with E-state index in [0.29, 0.717) is 6.04 Å². The fourth-order valence-corrected chi connectivity index (χ4v) is 2.48. The second-order valence-corrected chi connectivity index (χ2v) is 5.36. The zero-order chi connectivity index (χ0) is 17.2. The van der Waals surface area contributed by atoms with Crippen LogP contribution in [0.25, 0.3) is 0 Å². The standard InChI is InChI=1S/C13H16N2.2C2H4O2/c1-2-5-10(6-3-1)12-9-11-7-4-8-14-13(11)15-12;2*1-2(3)4/h1-3,5-6,12,14-15H,4,7-9H2;2*1H3,(H,3,4). The second kappa shape index (κ2) is 9.50. The normalized spacial score (nSPS) is 18.1. The van der Waals surface area contributed by atoms with Gasteiger partial charge in [0.05, 0.1) is 11.9 Å². The molecule has 0 amide bonds.